The maximum Gasteiger partial charge on any atom is 0.408 e. The number of alkyl carbamates (subject to hydrolysis) is 1. The molecule has 38 heavy (non-hydrogen) atoms. The lowest BCUT2D eigenvalue weighted by molar-refractivity contribution is -0.134. The maximum atomic E-state index is 13.2. The van der Waals surface area contributed by atoms with E-state index in [0.29, 0.717) is 12.8 Å². The minimum absolute atomic E-state index is 0.101. The number of nitrogens with one attached hydrogen (secondary N) is 3. The van der Waals surface area contributed by atoms with E-state index in [1.54, 1.807) is 39.8 Å². The van der Waals surface area contributed by atoms with Crippen LogP contribution in [0.15, 0.2) is 42.5 Å². The first kappa shape index (κ1) is 30.3. The van der Waals surface area contributed by atoms with Crippen LogP contribution in [0.3, 0.4) is 0 Å². The summed E-state index contributed by atoms with van der Waals surface area (Å²) in [7, 11) is 0. The van der Waals surface area contributed by atoms with E-state index < -0.39 is 41.5 Å². The minimum atomic E-state index is -1.07. The van der Waals surface area contributed by atoms with Crippen molar-refractivity contribution >= 4 is 23.8 Å². The van der Waals surface area contributed by atoms with Crippen LogP contribution in [-0.2, 0) is 32.0 Å². The van der Waals surface area contributed by atoms with Crippen LogP contribution in [-0.4, -0.2) is 46.6 Å². The molecule has 2 rings (SSSR count). The predicted molar refractivity (Wildman–Crippen MR) is 145 cm³/mol. The monoisotopic (exact) mass is 525 g/mol. The average Bonchev–Trinajstić information content (AvgIpc) is 2.84. The summed E-state index contributed by atoms with van der Waals surface area (Å²) in [6.07, 6.45) is 0.519. The second kappa shape index (κ2) is 13.6. The number of rotatable bonds is 11. The van der Waals surface area contributed by atoms with Gasteiger partial charge in [0.25, 0.3) is 0 Å². The van der Waals surface area contributed by atoms with E-state index in [1.807, 2.05) is 37.3 Å². The molecule has 0 bridgehead atoms. The normalized spacial score (nSPS) is 12.7. The van der Waals surface area contributed by atoms with E-state index in [0.717, 1.165) is 22.3 Å². The van der Waals surface area contributed by atoms with Gasteiger partial charge in [-0.05, 0) is 81.8 Å². The number of hydrogen-bond donors (Lipinski definition) is 4. The third kappa shape index (κ3) is 9.53. The van der Waals surface area contributed by atoms with E-state index in [9.17, 15) is 24.3 Å². The number of phenolic OH excluding ortho intramolecular Hbond substituents is 1. The number of hydrogen-bond acceptors (Lipinski definition) is 6. The summed E-state index contributed by atoms with van der Waals surface area (Å²) >= 11 is 0. The Kier molecular flexibility index (Phi) is 10.9. The largest absolute Gasteiger partial charge is 0.508 e. The molecule has 0 aromatic heterocycles. The highest BCUT2D eigenvalue weighted by Crippen LogP contribution is 2.22. The number of aromatic hydroxyl groups is 1. The molecule has 0 unspecified atom stereocenters. The van der Waals surface area contributed by atoms with Crippen molar-refractivity contribution in [2.45, 2.75) is 84.9 Å². The Morgan fingerprint density at radius 3 is 2.16 bits per heavy atom. The molecule has 0 saturated heterocycles. The highest BCUT2D eigenvalue weighted by molar-refractivity contribution is 5.99. The fourth-order valence-electron chi connectivity index (χ4n) is 3.79. The van der Waals surface area contributed by atoms with Gasteiger partial charge in [-0.1, -0.05) is 37.3 Å². The van der Waals surface area contributed by atoms with E-state index in [-0.39, 0.29) is 18.6 Å². The first-order valence-electron chi connectivity index (χ1n) is 12.8. The summed E-state index contributed by atoms with van der Waals surface area (Å²) in [6.45, 7) is 10.5. The SMILES string of the molecule is CCC(C)(C)OC(=O)N[C@@H](Cc1c(C)cc(O)cc1C)C(=O)N[C@@H](C)C(=O)NC(=O)CCc1ccccc1. The maximum absolute atomic E-state index is 13.2. The zero-order valence-corrected chi connectivity index (χ0v) is 23.0. The highest BCUT2D eigenvalue weighted by Gasteiger charge is 2.29. The van der Waals surface area contributed by atoms with E-state index in [4.69, 9.17) is 4.74 Å². The van der Waals surface area contributed by atoms with Crippen molar-refractivity contribution in [3.05, 3.63) is 64.7 Å². The Hall–Kier alpha value is -3.88. The smallest absolute Gasteiger partial charge is 0.408 e. The molecule has 4 N–H and O–H groups in total. The second-order valence-corrected chi connectivity index (χ2v) is 10.1. The lowest BCUT2D eigenvalue weighted by atomic mass is 9.95. The highest BCUT2D eigenvalue weighted by atomic mass is 16.6. The van der Waals surface area contributed by atoms with Gasteiger partial charge >= 0.3 is 6.09 Å². The average molecular weight is 526 g/mol. The second-order valence-electron chi connectivity index (χ2n) is 10.1. The van der Waals surface area contributed by atoms with Crippen molar-refractivity contribution in [1.29, 1.82) is 0 Å². The zero-order valence-electron chi connectivity index (χ0n) is 23.0. The molecule has 0 aliphatic heterocycles. The number of benzene rings is 2. The van der Waals surface area contributed by atoms with Gasteiger partial charge < -0.3 is 20.5 Å². The number of carbonyl (C=O) groups is 4. The summed E-state index contributed by atoms with van der Waals surface area (Å²) < 4.78 is 5.46. The number of imide groups is 1. The van der Waals surface area contributed by atoms with Gasteiger partial charge in [-0.15, -0.1) is 0 Å². The van der Waals surface area contributed by atoms with Crippen LogP contribution in [0.5, 0.6) is 5.75 Å². The summed E-state index contributed by atoms with van der Waals surface area (Å²) in [5.74, 6) is -1.61. The molecular weight excluding hydrogens is 486 g/mol. The summed E-state index contributed by atoms with van der Waals surface area (Å²) in [6, 6.07) is 10.5. The van der Waals surface area contributed by atoms with Crippen LogP contribution in [0, 0.1) is 13.8 Å². The van der Waals surface area contributed by atoms with E-state index in [2.05, 4.69) is 16.0 Å². The Morgan fingerprint density at radius 2 is 1.58 bits per heavy atom. The molecule has 2 aromatic rings. The van der Waals surface area contributed by atoms with Gasteiger partial charge in [0.05, 0.1) is 0 Å². The molecule has 9 nitrogen and oxygen atoms in total. The van der Waals surface area contributed by atoms with Gasteiger partial charge in [0.1, 0.15) is 23.4 Å². The Labute approximate surface area is 224 Å². The summed E-state index contributed by atoms with van der Waals surface area (Å²) in [4.78, 5) is 50.7. The minimum Gasteiger partial charge on any atom is -0.508 e. The van der Waals surface area contributed by atoms with Crippen LogP contribution in [0.25, 0.3) is 0 Å². The molecule has 2 atom stereocenters. The van der Waals surface area contributed by atoms with E-state index >= 15 is 0 Å². The van der Waals surface area contributed by atoms with Crippen molar-refractivity contribution in [3.63, 3.8) is 0 Å². The van der Waals surface area contributed by atoms with Crippen LogP contribution < -0.4 is 16.0 Å². The van der Waals surface area contributed by atoms with Gasteiger partial charge in [-0.25, -0.2) is 4.79 Å². The van der Waals surface area contributed by atoms with Crippen LogP contribution in [0.2, 0.25) is 0 Å². The van der Waals surface area contributed by atoms with Gasteiger partial charge in [0.2, 0.25) is 17.7 Å². The molecule has 4 amide bonds. The first-order valence-corrected chi connectivity index (χ1v) is 12.8. The molecular formula is C29H39N3O6. The quantitative estimate of drug-likeness (QED) is 0.354. The molecule has 0 saturated carbocycles. The molecule has 0 heterocycles. The van der Waals surface area contributed by atoms with Crippen molar-refractivity contribution in [2.75, 3.05) is 0 Å². The molecule has 0 aliphatic rings. The zero-order chi connectivity index (χ0) is 28.5. The first-order chi connectivity index (χ1) is 17.8. The molecule has 206 valence electrons. The fraction of sp³-hybridized carbons (Fsp3) is 0.448. The number of carbonyl (C=O) groups excluding carboxylic acids is 4. The summed E-state index contributed by atoms with van der Waals surface area (Å²) in [5.41, 5.74) is 2.51. The van der Waals surface area contributed by atoms with Crippen LogP contribution >= 0.6 is 0 Å². The van der Waals surface area contributed by atoms with Gasteiger partial charge in [0.15, 0.2) is 0 Å². The van der Waals surface area contributed by atoms with Crippen molar-refractivity contribution < 1.29 is 29.0 Å². The summed E-state index contributed by atoms with van der Waals surface area (Å²) in [5, 5.41) is 17.4. The van der Waals surface area contributed by atoms with Gasteiger partial charge in [0, 0.05) is 12.8 Å². The molecule has 0 aliphatic carbocycles. The van der Waals surface area contributed by atoms with Crippen molar-refractivity contribution in [3.8, 4) is 5.75 Å². The van der Waals surface area contributed by atoms with Crippen molar-refractivity contribution in [1.82, 2.24) is 16.0 Å². The third-order valence-corrected chi connectivity index (χ3v) is 6.42. The molecule has 9 heteroatoms. The van der Waals surface area contributed by atoms with Crippen LogP contribution in [0.1, 0.15) is 62.8 Å². The van der Waals surface area contributed by atoms with Crippen LogP contribution in [0.4, 0.5) is 4.79 Å². The molecule has 2 aromatic carbocycles. The third-order valence-electron chi connectivity index (χ3n) is 6.42. The van der Waals surface area contributed by atoms with E-state index in [1.165, 1.54) is 6.92 Å². The number of phenols is 1. The molecule has 0 fully saturated rings. The predicted octanol–water partition coefficient (Wildman–Crippen LogP) is 3.62. The molecule has 0 spiro atoms. The number of amides is 4. The topological polar surface area (TPSA) is 134 Å². The lowest BCUT2D eigenvalue weighted by Crippen LogP contribution is -2.54. The number of aryl methyl sites for hydroxylation is 3. The lowest BCUT2D eigenvalue weighted by Gasteiger charge is -2.26. The Morgan fingerprint density at radius 1 is 0.974 bits per heavy atom. The Bertz CT molecular complexity index is 1120. The Balaban J connectivity index is 2.08. The standard InChI is InChI=1S/C29H39N3O6/c1-7-29(5,6)38-28(37)31-24(17-23-18(2)15-22(33)16-19(23)3)27(36)30-20(4)26(35)32-25(34)14-13-21-11-9-8-10-12-21/h8-12,15-16,20,24,33H,7,13-14,17H2,1-6H3,(H,30,36)(H,31,37)(H,32,34,35)/t20-,24-/m0/s1. The number of ether oxygens (including phenoxy) is 1. The van der Waals surface area contributed by atoms with Crippen molar-refractivity contribution in [2.24, 2.45) is 0 Å². The van der Waals surface area contributed by atoms with Gasteiger partial charge in [-0.2, -0.15) is 0 Å². The molecule has 0 radical (unpaired) electrons. The fourth-order valence-corrected chi connectivity index (χ4v) is 3.79. The van der Waals surface area contributed by atoms with Gasteiger partial charge in [-0.3, -0.25) is 19.7 Å².